The Balaban J connectivity index is 1.96. The highest BCUT2D eigenvalue weighted by Gasteiger charge is 2.26. The minimum atomic E-state index is 0.0493. The van der Waals surface area contributed by atoms with Crippen molar-refractivity contribution in [2.24, 2.45) is 5.84 Å². The normalized spacial score (nSPS) is 20.8. The van der Waals surface area contributed by atoms with E-state index in [1.54, 1.807) is 0 Å². The molecule has 0 bridgehead atoms. The molecule has 3 N–H and O–H groups in total. The van der Waals surface area contributed by atoms with Crippen molar-refractivity contribution in [3.8, 4) is 0 Å². The monoisotopic (exact) mass is 257 g/mol. The number of aryl methyl sites for hydroxylation is 1. The number of hydrogen-bond donors (Lipinski definition) is 2. The second-order valence-electron chi connectivity index (χ2n) is 5.10. The maximum Gasteiger partial charge on any atom is 0.0783 e. The molecule has 0 amide bonds. The first-order valence-electron chi connectivity index (χ1n) is 6.73. The summed E-state index contributed by atoms with van der Waals surface area (Å²) in [6.45, 7) is 2.83. The summed E-state index contributed by atoms with van der Waals surface area (Å²) < 4.78 is 5.73. The fraction of sp³-hybridized carbons (Fsp3) is 0.400. The van der Waals surface area contributed by atoms with Crippen molar-refractivity contribution in [3.05, 3.63) is 41.6 Å². The summed E-state index contributed by atoms with van der Waals surface area (Å²) in [6.07, 6.45) is 2.33. The molecule has 19 heavy (non-hydrogen) atoms. The first-order chi connectivity index (χ1) is 9.28. The van der Waals surface area contributed by atoms with Crippen molar-refractivity contribution in [1.29, 1.82) is 0 Å². The number of hydrogen-bond acceptors (Lipinski definition) is 4. The van der Waals surface area contributed by atoms with Crippen LogP contribution in [0.2, 0.25) is 0 Å². The molecule has 1 aromatic heterocycles. The van der Waals surface area contributed by atoms with Gasteiger partial charge < -0.3 is 4.74 Å². The fourth-order valence-corrected chi connectivity index (χ4v) is 2.72. The average molecular weight is 257 g/mol. The van der Waals surface area contributed by atoms with Crippen LogP contribution in [0.4, 0.5) is 0 Å². The lowest BCUT2D eigenvalue weighted by Crippen LogP contribution is -2.36. The van der Waals surface area contributed by atoms with E-state index in [0.29, 0.717) is 0 Å². The molecule has 1 aromatic carbocycles. The lowest BCUT2D eigenvalue weighted by Gasteiger charge is -2.22. The predicted octanol–water partition coefficient (Wildman–Crippen LogP) is 2.23. The Bertz CT molecular complexity index is 579. The Morgan fingerprint density at radius 2 is 2.26 bits per heavy atom. The molecule has 0 aliphatic carbocycles. The summed E-state index contributed by atoms with van der Waals surface area (Å²) in [7, 11) is 0. The van der Waals surface area contributed by atoms with Gasteiger partial charge in [-0.25, -0.2) is 0 Å². The number of aromatic nitrogens is 1. The van der Waals surface area contributed by atoms with Crippen molar-refractivity contribution in [2.75, 3.05) is 6.61 Å². The minimum absolute atomic E-state index is 0.0493. The molecule has 1 saturated heterocycles. The van der Waals surface area contributed by atoms with Crippen LogP contribution in [-0.4, -0.2) is 17.7 Å². The Kier molecular flexibility index (Phi) is 3.46. The van der Waals surface area contributed by atoms with Gasteiger partial charge in [0.05, 0.1) is 17.7 Å². The number of fused-ring (bicyclic) bond motifs is 1. The molecule has 100 valence electrons. The van der Waals surface area contributed by atoms with Crippen molar-refractivity contribution in [2.45, 2.75) is 31.9 Å². The molecular formula is C15H19N3O. The first kappa shape index (κ1) is 12.5. The van der Waals surface area contributed by atoms with Crippen LogP contribution in [0.1, 0.15) is 30.1 Å². The van der Waals surface area contributed by atoms with Crippen molar-refractivity contribution >= 4 is 10.9 Å². The average Bonchev–Trinajstić information content (AvgIpc) is 2.93. The van der Waals surface area contributed by atoms with Crippen molar-refractivity contribution < 1.29 is 4.74 Å². The van der Waals surface area contributed by atoms with E-state index in [0.717, 1.165) is 41.6 Å². The van der Waals surface area contributed by atoms with E-state index in [4.69, 9.17) is 10.6 Å². The third-order valence-electron chi connectivity index (χ3n) is 3.73. The molecule has 4 nitrogen and oxygen atoms in total. The molecule has 4 heteroatoms. The second kappa shape index (κ2) is 5.25. The van der Waals surface area contributed by atoms with Gasteiger partial charge in [-0.15, -0.1) is 0 Å². The van der Waals surface area contributed by atoms with Gasteiger partial charge in [-0.1, -0.05) is 12.1 Å². The number of hydrazine groups is 1. The molecular weight excluding hydrogens is 238 g/mol. The van der Waals surface area contributed by atoms with E-state index >= 15 is 0 Å². The maximum absolute atomic E-state index is 5.73. The smallest absolute Gasteiger partial charge is 0.0783 e. The van der Waals surface area contributed by atoms with E-state index in [1.165, 1.54) is 0 Å². The molecule has 3 rings (SSSR count). The summed E-state index contributed by atoms with van der Waals surface area (Å²) in [5, 5.41) is 1.14. The number of nitrogens with two attached hydrogens (primary N) is 1. The third kappa shape index (κ3) is 2.47. The molecule has 2 unspecified atom stereocenters. The molecule has 2 heterocycles. The second-order valence-corrected chi connectivity index (χ2v) is 5.10. The third-order valence-corrected chi connectivity index (χ3v) is 3.73. The van der Waals surface area contributed by atoms with Crippen molar-refractivity contribution in [1.82, 2.24) is 10.4 Å². The van der Waals surface area contributed by atoms with Gasteiger partial charge in [0.15, 0.2) is 0 Å². The molecule has 2 atom stereocenters. The number of benzene rings is 1. The summed E-state index contributed by atoms with van der Waals surface area (Å²) in [6, 6.07) is 10.5. The summed E-state index contributed by atoms with van der Waals surface area (Å²) in [4.78, 5) is 4.52. The van der Waals surface area contributed by atoms with E-state index in [9.17, 15) is 0 Å². The molecule has 2 aromatic rings. The molecule has 1 aliphatic rings. The van der Waals surface area contributed by atoms with Crippen LogP contribution in [0.25, 0.3) is 10.9 Å². The topological polar surface area (TPSA) is 60.2 Å². The number of ether oxygens (including phenoxy) is 1. The summed E-state index contributed by atoms with van der Waals surface area (Å²) in [5.41, 5.74) is 6.11. The highest BCUT2D eigenvalue weighted by atomic mass is 16.5. The lowest BCUT2D eigenvalue weighted by atomic mass is 9.98. The maximum atomic E-state index is 5.73. The van der Waals surface area contributed by atoms with Crippen LogP contribution < -0.4 is 11.3 Å². The van der Waals surface area contributed by atoms with Crippen LogP contribution in [-0.2, 0) is 4.74 Å². The SMILES string of the molecule is Cc1ccc2cc(C(NN)C3CCCO3)ccc2n1. The summed E-state index contributed by atoms with van der Waals surface area (Å²) in [5.74, 6) is 5.71. The summed E-state index contributed by atoms with van der Waals surface area (Å²) >= 11 is 0. The van der Waals surface area contributed by atoms with Gasteiger partial charge in [0.1, 0.15) is 0 Å². The van der Waals surface area contributed by atoms with E-state index in [2.05, 4.69) is 34.7 Å². The van der Waals surface area contributed by atoms with Crippen molar-refractivity contribution in [3.63, 3.8) is 0 Å². The highest BCUT2D eigenvalue weighted by molar-refractivity contribution is 5.79. The van der Waals surface area contributed by atoms with E-state index < -0.39 is 0 Å². The zero-order valence-electron chi connectivity index (χ0n) is 11.1. The lowest BCUT2D eigenvalue weighted by molar-refractivity contribution is 0.0784. The van der Waals surface area contributed by atoms with Gasteiger partial charge in [0.2, 0.25) is 0 Å². The Morgan fingerprint density at radius 1 is 1.37 bits per heavy atom. The van der Waals surface area contributed by atoms with Crippen LogP contribution in [0.15, 0.2) is 30.3 Å². The predicted molar refractivity (Wildman–Crippen MR) is 75.5 cm³/mol. The number of rotatable bonds is 3. The first-order valence-corrected chi connectivity index (χ1v) is 6.73. The molecule has 0 saturated carbocycles. The fourth-order valence-electron chi connectivity index (χ4n) is 2.72. The van der Waals surface area contributed by atoms with E-state index in [-0.39, 0.29) is 12.1 Å². The van der Waals surface area contributed by atoms with Gasteiger partial charge in [-0.2, -0.15) is 0 Å². The Labute approximate surface area is 112 Å². The molecule has 0 radical (unpaired) electrons. The zero-order chi connectivity index (χ0) is 13.2. The number of nitrogens with zero attached hydrogens (tertiary/aromatic N) is 1. The quantitative estimate of drug-likeness (QED) is 0.654. The van der Waals surface area contributed by atoms with Gasteiger partial charge in [0.25, 0.3) is 0 Å². The number of nitrogens with one attached hydrogen (secondary N) is 1. The molecule has 1 fully saturated rings. The van der Waals surface area contributed by atoms with Crippen LogP contribution >= 0.6 is 0 Å². The molecule has 0 spiro atoms. The van der Waals surface area contributed by atoms with Gasteiger partial charge in [-0.3, -0.25) is 16.3 Å². The van der Waals surface area contributed by atoms with Gasteiger partial charge in [0, 0.05) is 17.7 Å². The highest BCUT2D eigenvalue weighted by Crippen LogP contribution is 2.28. The number of pyridine rings is 1. The zero-order valence-corrected chi connectivity index (χ0v) is 11.1. The standard InChI is InChI=1S/C15H19N3O/c1-10-4-5-11-9-12(6-7-13(11)17-10)15(18-16)14-3-2-8-19-14/h4-7,9,14-15,18H,2-3,8,16H2,1H3. The van der Waals surface area contributed by atoms with Gasteiger partial charge >= 0.3 is 0 Å². The largest absolute Gasteiger partial charge is 0.376 e. The van der Waals surface area contributed by atoms with Gasteiger partial charge in [-0.05, 0) is 43.5 Å². The van der Waals surface area contributed by atoms with Crippen LogP contribution in [0.5, 0.6) is 0 Å². The van der Waals surface area contributed by atoms with Crippen LogP contribution in [0.3, 0.4) is 0 Å². The molecule has 1 aliphatic heterocycles. The van der Waals surface area contributed by atoms with Crippen LogP contribution in [0, 0.1) is 6.92 Å². The Morgan fingerprint density at radius 3 is 3.00 bits per heavy atom. The minimum Gasteiger partial charge on any atom is -0.376 e. The van der Waals surface area contributed by atoms with E-state index in [1.807, 2.05) is 13.0 Å². The Hall–Kier alpha value is -1.49.